The third-order valence-corrected chi connectivity index (χ3v) is 5.43. The van der Waals surface area contributed by atoms with Gasteiger partial charge in [-0.2, -0.15) is 0 Å². The predicted octanol–water partition coefficient (Wildman–Crippen LogP) is 2.76. The Morgan fingerprint density at radius 2 is 2.08 bits per heavy atom. The maximum Gasteiger partial charge on any atom is 0.240 e. The van der Waals surface area contributed by atoms with E-state index >= 15 is 0 Å². The van der Waals surface area contributed by atoms with Gasteiger partial charge in [-0.05, 0) is 53.6 Å². The molecular formula is C18H16N2O4S. The maximum atomic E-state index is 12.5. The summed E-state index contributed by atoms with van der Waals surface area (Å²) in [6.45, 7) is 0.769. The number of hydrogen-bond donors (Lipinski definition) is 1. The second-order valence-corrected chi connectivity index (χ2v) is 7.49. The van der Waals surface area contributed by atoms with Gasteiger partial charge in [0.1, 0.15) is 11.4 Å². The average molecular weight is 356 g/mol. The lowest BCUT2D eigenvalue weighted by Crippen LogP contribution is -2.23. The second-order valence-electron chi connectivity index (χ2n) is 5.72. The van der Waals surface area contributed by atoms with Crippen LogP contribution in [0.3, 0.4) is 0 Å². The summed E-state index contributed by atoms with van der Waals surface area (Å²) in [5.41, 5.74) is 2.39. The van der Waals surface area contributed by atoms with Crippen LogP contribution in [0.25, 0.3) is 11.5 Å². The van der Waals surface area contributed by atoms with E-state index in [4.69, 9.17) is 9.15 Å². The van der Waals surface area contributed by atoms with Crippen LogP contribution in [-0.2, 0) is 23.0 Å². The van der Waals surface area contributed by atoms with Gasteiger partial charge in [0.05, 0.1) is 17.8 Å². The summed E-state index contributed by atoms with van der Waals surface area (Å²) in [5, 5.41) is 0. The molecule has 7 heteroatoms. The van der Waals surface area contributed by atoms with Gasteiger partial charge in [0, 0.05) is 19.2 Å². The lowest BCUT2D eigenvalue weighted by atomic mass is 10.2. The van der Waals surface area contributed by atoms with Gasteiger partial charge in [-0.3, -0.25) is 4.98 Å². The zero-order valence-electron chi connectivity index (χ0n) is 13.3. The molecule has 6 nitrogen and oxygen atoms in total. The highest BCUT2D eigenvalue weighted by atomic mass is 32.2. The molecule has 0 fully saturated rings. The van der Waals surface area contributed by atoms with Crippen LogP contribution in [0, 0.1) is 0 Å². The molecule has 0 unspecified atom stereocenters. The van der Waals surface area contributed by atoms with E-state index in [9.17, 15) is 8.42 Å². The molecule has 0 atom stereocenters. The summed E-state index contributed by atoms with van der Waals surface area (Å²) in [4.78, 5) is 4.49. The Balaban J connectivity index is 1.52. The molecule has 0 aliphatic carbocycles. The molecule has 3 aromatic rings. The van der Waals surface area contributed by atoms with E-state index in [0.717, 1.165) is 23.3 Å². The number of sulfonamides is 1. The third kappa shape index (κ3) is 3.29. The number of nitrogens with zero attached hydrogens (tertiary/aromatic N) is 1. The first-order chi connectivity index (χ1) is 12.1. The zero-order chi connectivity index (χ0) is 17.3. The van der Waals surface area contributed by atoms with Gasteiger partial charge >= 0.3 is 0 Å². The highest BCUT2D eigenvalue weighted by Crippen LogP contribution is 2.27. The zero-order valence-corrected chi connectivity index (χ0v) is 14.1. The highest BCUT2D eigenvalue weighted by molar-refractivity contribution is 7.89. The van der Waals surface area contributed by atoms with Gasteiger partial charge < -0.3 is 9.15 Å². The Kier molecular flexibility index (Phi) is 4.03. The number of nitrogens with one attached hydrogen (secondary N) is 1. The van der Waals surface area contributed by atoms with Crippen LogP contribution in [0.1, 0.15) is 11.1 Å². The topological polar surface area (TPSA) is 81.4 Å². The molecule has 1 aliphatic rings. The fourth-order valence-corrected chi connectivity index (χ4v) is 3.80. The van der Waals surface area contributed by atoms with E-state index < -0.39 is 10.0 Å². The fraction of sp³-hybridized carbons (Fsp3) is 0.167. The number of pyridine rings is 1. The van der Waals surface area contributed by atoms with Crippen LogP contribution in [0.15, 0.2) is 64.2 Å². The van der Waals surface area contributed by atoms with Crippen molar-refractivity contribution in [2.24, 2.45) is 0 Å². The van der Waals surface area contributed by atoms with Crippen molar-refractivity contribution in [3.63, 3.8) is 0 Å². The Morgan fingerprint density at radius 1 is 1.16 bits per heavy atom. The van der Waals surface area contributed by atoms with Crippen LogP contribution in [-0.4, -0.2) is 20.0 Å². The lowest BCUT2D eigenvalue weighted by Gasteiger charge is -2.09. The van der Waals surface area contributed by atoms with Crippen LogP contribution in [0.2, 0.25) is 0 Å². The summed E-state index contributed by atoms with van der Waals surface area (Å²) < 4.78 is 38.4. The summed E-state index contributed by atoms with van der Waals surface area (Å²) in [6.07, 6.45) is 3.94. The molecule has 1 N–H and O–H groups in total. The van der Waals surface area contributed by atoms with Gasteiger partial charge in [-0.1, -0.05) is 0 Å². The Bertz CT molecular complexity index is 998. The van der Waals surface area contributed by atoms with Crippen LogP contribution in [0.4, 0.5) is 0 Å². The number of benzene rings is 1. The molecule has 0 radical (unpaired) electrons. The Morgan fingerprint density at radius 3 is 2.92 bits per heavy atom. The Labute approximate surface area is 145 Å². The first kappa shape index (κ1) is 15.9. The maximum absolute atomic E-state index is 12.5. The van der Waals surface area contributed by atoms with Crippen molar-refractivity contribution in [2.75, 3.05) is 6.61 Å². The number of fused-ring (bicyclic) bond motifs is 1. The summed E-state index contributed by atoms with van der Waals surface area (Å²) in [5.74, 6) is 1.40. The molecular weight excluding hydrogens is 340 g/mol. The summed E-state index contributed by atoms with van der Waals surface area (Å²) >= 11 is 0. The third-order valence-electron chi connectivity index (χ3n) is 4.04. The van der Waals surface area contributed by atoms with E-state index in [2.05, 4.69) is 9.71 Å². The molecule has 3 heterocycles. The Hall–Kier alpha value is -2.64. The van der Waals surface area contributed by atoms with Crippen LogP contribution in [0.5, 0.6) is 5.75 Å². The predicted molar refractivity (Wildman–Crippen MR) is 91.6 cm³/mol. The van der Waals surface area contributed by atoms with Crippen LogP contribution < -0.4 is 9.46 Å². The van der Waals surface area contributed by atoms with E-state index in [1.807, 2.05) is 6.07 Å². The van der Waals surface area contributed by atoms with Crippen molar-refractivity contribution >= 4 is 10.0 Å². The first-order valence-corrected chi connectivity index (χ1v) is 9.34. The van der Waals surface area contributed by atoms with Gasteiger partial charge in [-0.15, -0.1) is 0 Å². The minimum atomic E-state index is -3.60. The normalized spacial score (nSPS) is 13.4. The van der Waals surface area contributed by atoms with Crippen molar-refractivity contribution in [1.82, 2.24) is 9.71 Å². The van der Waals surface area contributed by atoms with Crippen molar-refractivity contribution in [3.8, 4) is 17.2 Å². The highest BCUT2D eigenvalue weighted by Gasteiger charge is 2.19. The monoisotopic (exact) mass is 356 g/mol. The van der Waals surface area contributed by atoms with Crippen molar-refractivity contribution in [2.45, 2.75) is 17.9 Å². The smallest absolute Gasteiger partial charge is 0.240 e. The van der Waals surface area contributed by atoms with Gasteiger partial charge in [0.25, 0.3) is 0 Å². The molecule has 25 heavy (non-hydrogen) atoms. The van der Waals surface area contributed by atoms with E-state index in [1.165, 1.54) is 0 Å². The van der Waals surface area contributed by atoms with E-state index in [1.54, 1.807) is 48.9 Å². The molecule has 0 amide bonds. The van der Waals surface area contributed by atoms with Gasteiger partial charge in [0.2, 0.25) is 10.0 Å². The van der Waals surface area contributed by atoms with E-state index in [0.29, 0.717) is 18.1 Å². The largest absolute Gasteiger partial charge is 0.493 e. The van der Waals surface area contributed by atoms with Gasteiger partial charge in [-0.25, -0.2) is 13.1 Å². The van der Waals surface area contributed by atoms with Crippen LogP contribution >= 0.6 is 0 Å². The molecule has 1 aromatic carbocycles. The number of hydrogen-bond acceptors (Lipinski definition) is 5. The number of furan rings is 1. The molecule has 2 aromatic heterocycles. The van der Waals surface area contributed by atoms with Gasteiger partial charge in [0.15, 0.2) is 5.76 Å². The molecule has 4 rings (SSSR count). The standard InChI is InChI=1S/C18H16N2O4S/c21-25(22,15-3-4-17-14(11-15)6-9-24-17)20-12-13-5-7-19-16(10-13)18-2-1-8-23-18/h1-5,7-8,10-11,20H,6,9,12H2. The molecule has 0 bridgehead atoms. The fourth-order valence-electron chi connectivity index (χ4n) is 2.74. The van der Waals surface area contributed by atoms with Crippen molar-refractivity contribution in [3.05, 3.63) is 66.1 Å². The lowest BCUT2D eigenvalue weighted by molar-refractivity contribution is 0.356. The number of rotatable bonds is 5. The minimum absolute atomic E-state index is 0.173. The minimum Gasteiger partial charge on any atom is -0.493 e. The second kappa shape index (κ2) is 6.34. The molecule has 128 valence electrons. The number of ether oxygens (including phenoxy) is 1. The average Bonchev–Trinajstić information content (AvgIpc) is 3.31. The SMILES string of the molecule is O=S(=O)(NCc1ccnc(-c2ccco2)c1)c1ccc2c(c1)CCO2. The van der Waals surface area contributed by atoms with Crippen molar-refractivity contribution < 1.29 is 17.6 Å². The molecule has 0 saturated heterocycles. The quantitative estimate of drug-likeness (QED) is 0.760. The molecule has 0 spiro atoms. The summed E-state index contributed by atoms with van der Waals surface area (Å²) in [6, 6.07) is 12.1. The molecule has 1 aliphatic heterocycles. The summed E-state index contributed by atoms with van der Waals surface area (Å²) in [7, 11) is -3.60. The van der Waals surface area contributed by atoms with E-state index in [-0.39, 0.29) is 11.4 Å². The molecule has 0 saturated carbocycles. The first-order valence-electron chi connectivity index (χ1n) is 7.86. The van der Waals surface area contributed by atoms with Crippen molar-refractivity contribution in [1.29, 1.82) is 0 Å². The number of aromatic nitrogens is 1.